The second-order valence-electron chi connectivity index (χ2n) is 4.42. The number of benzene rings is 2. The average molecular weight is 228 g/mol. The fourth-order valence-electron chi connectivity index (χ4n) is 1.91. The zero-order valence-corrected chi connectivity index (χ0v) is 10.0. The van der Waals surface area contributed by atoms with Crippen molar-refractivity contribution in [3.8, 4) is 22.6 Å². The van der Waals surface area contributed by atoms with Crippen LogP contribution in [-0.2, 0) is 0 Å². The molecule has 2 rings (SSSR count). The van der Waals surface area contributed by atoms with Crippen LogP contribution >= 0.6 is 0 Å². The standard InChI is InChI=1S/C15H16O2/c1-10(2)12-8-9-13(15(17)14(12)16)11-6-4-3-5-7-11/h3-10,16-17H,1-2H3. The lowest BCUT2D eigenvalue weighted by Crippen LogP contribution is -1.90. The second kappa shape index (κ2) is 4.50. The van der Waals surface area contributed by atoms with E-state index in [2.05, 4.69) is 0 Å². The fourth-order valence-corrected chi connectivity index (χ4v) is 1.91. The van der Waals surface area contributed by atoms with Crippen molar-refractivity contribution in [3.63, 3.8) is 0 Å². The van der Waals surface area contributed by atoms with Gasteiger partial charge in [0.1, 0.15) is 0 Å². The molecule has 0 aromatic heterocycles. The van der Waals surface area contributed by atoms with Gasteiger partial charge in [0, 0.05) is 11.1 Å². The summed E-state index contributed by atoms with van der Waals surface area (Å²) in [6.45, 7) is 3.97. The number of phenols is 2. The Kier molecular flexibility index (Phi) is 3.05. The first kappa shape index (κ1) is 11.5. The second-order valence-corrected chi connectivity index (χ2v) is 4.42. The van der Waals surface area contributed by atoms with Gasteiger partial charge in [-0.25, -0.2) is 0 Å². The molecule has 17 heavy (non-hydrogen) atoms. The lowest BCUT2D eigenvalue weighted by molar-refractivity contribution is 0.399. The van der Waals surface area contributed by atoms with Crippen molar-refractivity contribution >= 4 is 0 Å². The summed E-state index contributed by atoms with van der Waals surface area (Å²) in [5.41, 5.74) is 2.32. The van der Waals surface area contributed by atoms with Crippen LogP contribution in [0.4, 0.5) is 0 Å². The maximum absolute atomic E-state index is 10.0. The summed E-state index contributed by atoms with van der Waals surface area (Å²) in [5, 5.41) is 20.0. The van der Waals surface area contributed by atoms with Gasteiger partial charge in [-0.2, -0.15) is 0 Å². The molecule has 2 aromatic carbocycles. The zero-order valence-electron chi connectivity index (χ0n) is 10.0. The first-order valence-corrected chi connectivity index (χ1v) is 5.71. The van der Waals surface area contributed by atoms with Crippen LogP contribution in [0.25, 0.3) is 11.1 Å². The van der Waals surface area contributed by atoms with Gasteiger partial charge in [-0.3, -0.25) is 0 Å². The Morgan fingerprint density at radius 3 is 2.06 bits per heavy atom. The van der Waals surface area contributed by atoms with Crippen LogP contribution in [0, 0.1) is 0 Å². The molecule has 0 aliphatic heterocycles. The molecular weight excluding hydrogens is 212 g/mol. The Morgan fingerprint density at radius 1 is 0.824 bits per heavy atom. The van der Waals surface area contributed by atoms with E-state index in [0.717, 1.165) is 11.1 Å². The molecule has 0 aliphatic carbocycles. The lowest BCUT2D eigenvalue weighted by atomic mass is 9.96. The van der Waals surface area contributed by atoms with E-state index < -0.39 is 0 Å². The van der Waals surface area contributed by atoms with Crippen molar-refractivity contribution < 1.29 is 10.2 Å². The number of phenolic OH excluding ortho intramolecular Hbond substituents is 2. The van der Waals surface area contributed by atoms with Gasteiger partial charge in [-0.15, -0.1) is 0 Å². The van der Waals surface area contributed by atoms with E-state index in [9.17, 15) is 10.2 Å². The van der Waals surface area contributed by atoms with Crippen LogP contribution in [-0.4, -0.2) is 10.2 Å². The predicted octanol–water partition coefficient (Wildman–Crippen LogP) is 3.89. The third-order valence-corrected chi connectivity index (χ3v) is 2.89. The van der Waals surface area contributed by atoms with Crippen LogP contribution in [0.1, 0.15) is 25.3 Å². The van der Waals surface area contributed by atoms with Crippen molar-refractivity contribution in [2.45, 2.75) is 19.8 Å². The predicted molar refractivity (Wildman–Crippen MR) is 69.3 cm³/mol. The highest BCUT2D eigenvalue weighted by Gasteiger charge is 2.14. The van der Waals surface area contributed by atoms with Gasteiger partial charge in [-0.05, 0) is 11.5 Å². The van der Waals surface area contributed by atoms with Gasteiger partial charge >= 0.3 is 0 Å². The summed E-state index contributed by atoms with van der Waals surface area (Å²) in [6.07, 6.45) is 0. The molecule has 0 spiro atoms. The smallest absolute Gasteiger partial charge is 0.165 e. The highest BCUT2D eigenvalue weighted by Crippen LogP contribution is 2.41. The summed E-state index contributed by atoms with van der Waals surface area (Å²) < 4.78 is 0. The van der Waals surface area contributed by atoms with Crippen LogP contribution in [0.3, 0.4) is 0 Å². The minimum absolute atomic E-state index is 0.0126. The molecule has 0 atom stereocenters. The number of hydrogen-bond donors (Lipinski definition) is 2. The maximum Gasteiger partial charge on any atom is 0.165 e. The molecule has 0 aliphatic rings. The van der Waals surface area contributed by atoms with E-state index in [4.69, 9.17) is 0 Å². The van der Waals surface area contributed by atoms with E-state index in [0.29, 0.717) is 5.56 Å². The van der Waals surface area contributed by atoms with Gasteiger partial charge in [0.15, 0.2) is 11.5 Å². The SMILES string of the molecule is CC(C)c1ccc(-c2ccccc2)c(O)c1O. The molecule has 2 aromatic rings. The van der Waals surface area contributed by atoms with Crippen LogP contribution in [0.15, 0.2) is 42.5 Å². The molecule has 0 saturated heterocycles. The highest BCUT2D eigenvalue weighted by atomic mass is 16.3. The Bertz CT molecular complexity index is 516. The Hall–Kier alpha value is -1.96. The maximum atomic E-state index is 10.0. The van der Waals surface area contributed by atoms with Gasteiger partial charge in [0.25, 0.3) is 0 Å². The summed E-state index contributed by atoms with van der Waals surface area (Å²) in [7, 11) is 0. The summed E-state index contributed by atoms with van der Waals surface area (Å²) >= 11 is 0. The Morgan fingerprint density at radius 2 is 1.47 bits per heavy atom. The largest absolute Gasteiger partial charge is 0.504 e. The van der Waals surface area contributed by atoms with Crippen LogP contribution in [0.2, 0.25) is 0 Å². The third kappa shape index (κ3) is 2.11. The molecule has 0 amide bonds. The third-order valence-electron chi connectivity index (χ3n) is 2.89. The Balaban J connectivity index is 2.56. The van der Waals surface area contributed by atoms with E-state index in [1.54, 1.807) is 0 Å². The monoisotopic (exact) mass is 228 g/mol. The highest BCUT2D eigenvalue weighted by molar-refractivity contribution is 5.74. The van der Waals surface area contributed by atoms with E-state index in [-0.39, 0.29) is 17.4 Å². The van der Waals surface area contributed by atoms with Crippen molar-refractivity contribution in [2.24, 2.45) is 0 Å². The van der Waals surface area contributed by atoms with E-state index in [1.165, 1.54) is 0 Å². The quantitative estimate of drug-likeness (QED) is 0.765. The van der Waals surface area contributed by atoms with Gasteiger partial charge in [-0.1, -0.05) is 56.3 Å². The van der Waals surface area contributed by atoms with Crippen molar-refractivity contribution in [3.05, 3.63) is 48.0 Å². The lowest BCUT2D eigenvalue weighted by Gasteiger charge is -2.13. The zero-order chi connectivity index (χ0) is 12.4. The molecule has 2 nitrogen and oxygen atoms in total. The Labute approximate surface area is 101 Å². The van der Waals surface area contributed by atoms with Crippen LogP contribution < -0.4 is 0 Å². The number of rotatable bonds is 2. The first-order valence-electron chi connectivity index (χ1n) is 5.71. The molecule has 2 N–H and O–H groups in total. The molecule has 0 saturated carbocycles. The fraction of sp³-hybridized carbons (Fsp3) is 0.200. The molecule has 0 bridgehead atoms. The van der Waals surface area contributed by atoms with Crippen molar-refractivity contribution in [1.82, 2.24) is 0 Å². The van der Waals surface area contributed by atoms with Crippen molar-refractivity contribution in [1.29, 1.82) is 0 Å². The van der Waals surface area contributed by atoms with Crippen molar-refractivity contribution in [2.75, 3.05) is 0 Å². The summed E-state index contributed by atoms with van der Waals surface area (Å²) in [5.74, 6) is 0.134. The molecule has 2 heteroatoms. The van der Waals surface area contributed by atoms with E-state index in [1.807, 2.05) is 56.3 Å². The van der Waals surface area contributed by atoms with Crippen LogP contribution in [0.5, 0.6) is 11.5 Å². The molecule has 0 unspecified atom stereocenters. The molecule has 0 radical (unpaired) electrons. The topological polar surface area (TPSA) is 40.5 Å². The number of aromatic hydroxyl groups is 2. The van der Waals surface area contributed by atoms with Gasteiger partial charge in [0.05, 0.1) is 0 Å². The first-order chi connectivity index (χ1) is 8.11. The molecular formula is C15H16O2. The summed E-state index contributed by atoms with van der Waals surface area (Å²) in [6, 6.07) is 13.3. The molecule has 88 valence electrons. The normalized spacial score (nSPS) is 10.8. The van der Waals surface area contributed by atoms with E-state index >= 15 is 0 Å². The molecule has 0 heterocycles. The van der Waals surface area contributed by atoms with Gasteiger partial charge in [0.2, 0.25) is 0 Å². The minimum Gasteiger partial charge on any atom is -0.504 e. The number of hydrogen-bond acceptors (Lipinski definition) is 2. The molecule has 0 fully saturated rings. The average Bonchev–Trinajstić information content (AvgIpc) is 2.33. The summed E-state index contributed by atoms with van der Waals surface area (Å²) in [4.78, 5) is 0. The minimum atomic E-state index is -0.0394. The van der Waals surface area contributed by atoms with Gasteiger partial charge < -0.3 is 10.2 Å².